The van der Waals surface area contributed by atoms with E-state index in [4.69, 9.17) is 10.2 Å². The summed E-state index contributed by atoms with van der Waals surface area (Å²) in [6.07, 6.45) is 0. The zero-order valence-corrected chi connectivity index (χ0v) is 12.4. The molecule has 1 aromatic heterocycles. The van der Waals surface area contributed by atoms with Crippen LogP contribution in [0.15, 0.2) is 34.7 Å². The summed E-state index contributed by atoms with van der Waals surface area (Å²) in [6, 6.07) is 8.58. The summed E-state index contributed by atoms with van der Waals surface area (Å²) in [5.74, 6) is -1.55. The van der Waals surface area contributed by atoms with Gasteiger partial charge < -0.3 is 15.1 Å². The molecule has 1 amide bonds. The molecule has 0 atom stereocenters. The highest BCUT2D eigenvalue weighted by Gasteiger charge is 2.23. The van der Waals surface area contributed by atoms with Gasteiger partial charge in [-0.3, -0.25) is 14.9 Å². The molecule has 0 saturated heterocycles. The van der Waals surface area contributed by atoms with Gasteiger partial charge in [0, 0.05) is 24.3 Å². The van der Waals surface area contributed by atoms with Crippen molar-refractivity contribution in [2.75, 3.05) is 18.0 Å². The Balaban J connectivity index is 2.43. The zero-order valence-electron chi connectivity index (χ0n) is 12.4. The Hall–Kier alpha value is -2.83. The van der Waals surface area contributed by atoms with Gasteiger partial charge in [0.2, 0.25) is 5.76 Å². The van der Waals surface area contributed by atoms with Crippen LogP contribution in [-0.4, -0.2) is 23.9 Å². The Labute approximate surface area is 127 Å². The molecule has 0 unspecified atom stereocenters. The number of nitrogens with zero attached hydrogens (tertiary/aromatic N) is 2. The molecule has 0 radical (unpaired) electrons. The summed E-state index contributed by atoms with van der Waals surface area (Å²) >= 11 is 0. The molecule has 2 aromatic rings. The molecule has 0 bridgehead atoms. The van der Waals surface area contributed by atoms with Gasteiger partial charge in [-0.25, -0.2) is 0 Å². The topological polar surface area (TPSA) is 103 Å². The molecule has 2 rings (SSSR count). The Morgan fingerprint density at radius 3 is 2.32 bits per heavy atom. The monoisotopic (exact) mass is 303 g/mol. The highest BCUT2D eigenvalue weighted by Crippen LogP contribution is 2.32. The lowest BCUT2D eigenvalue weighted by Crippen LogP contribution is -2.21. The maximum absolute atomic E-state index is 11.4. The third kappa shape index (κ3) is 2.93. The number of amides is 1. The highest BCUT2D eigenvalue weighted by atomic mass is 16.6. The maximum atomic E-state index is 11.4. The molecule has 116 valence electrons. The molecule has 2 N–H and O–H groups in total. The van der Waals surface area contributed by atoms with Gasteiger partial charge in [-0.1, -0.05) is 12.1 Å². The molecule has 7 heteroatoms. The summed E-state index contributed by atoms with van der Waals surface area (Å²) in [6.45, 7) is 5.86. The van der Waals surface area contributed by atoms with Crippen LogP contribution in [0.2, 0.25) is 0 Å². The van der Waals surface area contributed by atoms with Gasteiger partial charge in [0.1, 0.15) is 4.92 Å². The molecule has 22 heavy (non-hydrogen) atoms. The number of carbonyl (C=O) groups is 1. The number of benzene rings is 1. The molecular weight excluding hydrogens is 286 g/mol. The number of carbonyl (C=O) groups excluding carboxylic acids is 1. The summed E-state index contributed by atoms with van der Waals surface area (Å²) in [7, 11) is 0. The molecule has 0 fully saturated rings. The van der Waals surface area contributed by atoms with Crippen molar-refractivity contribution in [2.45, 2.75) is 13.8 Å². The second-order valence-electron chi connectivity index (χ2n) is 4.67. The van der Waals surface area contributed by atoms with Crippen LogP contribution in [0.1, 0.15) is 24.4 Å². The van der Waals surface area contributed by atoms with E-state index in [-0.39, 0.29) is 5.76 Å². The first kappa shape index (κ1) is 15.6. The molecule has 0 saturated carbocycles. The summed E-state index contributed by atoms with van der Waals surface area (Å²) in [5.41, 5.74) is 7.22. The van der Waals surface area contributed by atoms with Crippen LogP contribution in [0.3, 0.4) is 0 Å². The van der Waals surface area contributed by atoms with Crippen molar-refractivity contribution in [3.63, 3.8) is 0 Å². The lowest BCUT2D eigenvalue weighted by Gasteiger charge is -2.21. The Morgan fingerprint density at radius 1 is 1.27 bits per heavy atom. The van der Waals surface area contributed by atoms with Crippen LogP contribution >= 0.6 is 0 Å². The number of hydrogen-bond acceptors (Lipinski definition) is 5. The van der Waals surface area contributed by atoms with Gasteiger partial charge in [0.25, 0.3) is 5.91 Å². The predicted octanol–water partition coefficient (Wildman–Crippen LogP) is 2.80. The van der Waals surface area contributed by atoms with Gasteiger partial charge in [-0.15, -0.1) is 0 Å². The number of nitrogens with two attached hydrogens (primary N) is 1. The van der Waals surface area contributed by atoms with Crippen molar-refractivity contribution in [3.05, 3.63) is 46.2 Å². The van der Waals surface area contributed by atoms with E-state index in [9.17, 15) is 14.9 Å². The normalized spacial score (nSPS) is 10.5. The van der Waals surface area contributed by atoms with Crippen molar-refractivity contribution >= 4 is 17.5 Å². The quantitative estimate of drug-likeness (QED) is 0.653. The molecule has 1 heterocycles. The first-order chi connectivity index (χ1) is 10.5. The Kier molecular flexibility index (Phi) is 4.45. The van der Waals surface area contributed by atoms with E-state index < -0.39 is 16.7 Å². The molecule has 0 spiro atoms. The number of furan rings is 1. The third-order valence-corrected chi connectivity index (χ3v) is 3.43. The van der Waals surface area contributed by atoms with Crippen LogP contribution in [0.5, 0.6) is 0 Å². The first-order valence-corrected chi connectivity index (χ1v) is 6.91. The van der Waals surface area contributed by atoms with Crippen molar-refractivity contribution in [2.24, 2.45) is 5.73 Å². The average molecular weight is 303 g/mol. The van der Waals surface area contributed by atoms with Crippen molar-refractivity contribution in [1.82, 2.24) is 0 Å². The van der Waals surface area contributed by atoms with Gasteiger partial charge in [0.15, 0.2) is 0 Å². The van der Waals surface area contributed by atoms with Gasteiger partial charge in [0.05, 0.1) is 6.07 Å². The molecule has 7 nitrogen and oxygen atoms in total. The van der Waals surface area contributed by atoms with Crippen LogP contribution in [0.4, 0.5) is 11.6 Å². The average Bonchev–Trinajstić information content (AvgIpc) is 2.95. The van der Waals surface area contributed by atoms with E-state index in [1.165, 1.54) is 6.07 Å². The summed E-state index contributed by atoms with van der Waals surface area (Å²) in [5, 5.41) is 10.8. The van der Waals surface area contributed by atoms with Gasteiger partial charge in [-0.2, -0.15) is 0 Å². The molecule has 0 aliphatic rings. The standard InChI is InChI=1S/C15H17N3O4/c1-3-17(4-2)11-7-5-10(6-8-11)12-9-13(18(20)21)22-14(12)15(16)19/h5-9H,3-4H2,1-2H3,(H2,16,19). The zero-order chi connectivity index (χ0) is 16.3. The van der Waals surface area contributed by atoms with Crippen LogP contribution in [0.25, 0.3) is 11.1 Å². The number of anilines is 1. The molecule has 0 aliphatic carbocycles. The predicted molar refractivity (Wildman–Crippen MR) is 82.9 cm³/mol. The highest BCUT2D eigenvalue weighted by molar-refractivity contribution is 5.97. The smallest absolute Gasteiger partial charge is 0.395 e. The SMILES string of the molecule is CCN(CC)c1ccc(-c2cc([N+](=O)[O-])oc2C(N)=O)cc1. The largest absolute Gasteiger partial charge is 0.434 e. The fourth-order valence-corrected chi connectivity index (χ4v) is 2.31. The van der Waals surface area contributed by atoms with E-state index in [0.717, 1.165) is 18.8 Å². The second kappa shape index (κ2) is 6.30. The number of hydrogen-bond donors (Lipinski definition) is 1. The first-order valence-electron chi connectivity index (χ1n) is 6.91. The van der Waals surface area contributed by atoms with Crippen molar-refractivity contribution in [1.29, 1.82) is 0 Å². The van der Waals surface area contributed by atoms with E-state index >= 15 is 0 Å². The fraction of sp³-hybridized carbons (Fsp3) is 0.267. The Bertz CT molecular complexity index is 687. The minimum Gasteiger partial charge on any atom is -0.395 e. The minimum atomic E-state index is -0.837. The van der Waals surface area contributed by atoms with E-state index in [2.05, 4.69) is 18.7 Å². The lowest BCUT2D eigenvalue weighted by molar-refractivity contribution is -0.402. The summed E-state index contributed by atoms with van der Waals surface area (Å²) in [4.78, 5) is 23.7. The minimum absolute atomic E-state index is 0.206. The van der Waals surface area contributed by atoms with E-state index in [0.29, 0.717) is 11.1 Å². The number of primary amides is 1. The van der Waals surface area contributed by atoms with Crippen LogP contribution in [0, 0.1) is 10.1 Å². The third-order valence-electron chi connectivity index (χ3n) is 3.43. The van der Waals surface area contributed by atoms with Gasteiger partial charge in [-0.05, 0) is 31.5 Å². The van der Waals surface area contributed by atoms with Crippen molar-refractivity contribution < 1.29 is 14.1 Å². The molecule has 1 aromatic carbocycles. The number of rotatable bonds is 6. The molecule has 0 aliphatic heterocycles. The van der Waals surface area contributed by atoms with E-state index in [1.54, 1.807) is 12.1 Å². The molecular formula is C15H17N3O4. The van der Waals surface area contributed by atoms with Crippen molar-refractivity contribution in [3.8, 4) is 11.1 Å². The lowest BCUT2D eigenvalue weighted by atomic mass is 10.1. The second-order valence-corrected chi connectivity index (χ2v) is 4.67. The Morgan fingerprint density at radius 2 is 1.86 bits per heavy atom. The van der Waals surface area contributed by atoms with Crippen LogP contribution < -0.4 is 10.6 Å². The fourth-order valence-electron chi connectivity index (χ4n) is 2.31. The number of nitro groups is 1. The van der Waals surface area contributed by atoms with E-state index in [1.807, 2.05) is 12.1 Å². The van der Waals surface area contributed by atoms with Gasteiger partial charge >= 0.3 is 5.88 Å². The maximum Gasteiger partial charge on any atom is 0.434 e. The summed E-state index contributed by atoms with van der Waals surface area (Å²) < 4.78 is 4.93. The van der Waals surface area contributed by atoms with Crippen LogP contribution in [-0.2, 0) is 0 Å².